The van der Waals surface area contributed by atoms with Gasteiger partial charge in [-0.1, -0.05) is 24.3 Å². The van der Waals surface area contributed by atoms with Crippen molar-refractivity contribution in [3.63, 3.8) is 0 Å². The summed E-state index contributed by atoms with van der Waals surface area (Å²) in [7, 11) is 2.06. The summed E-state index contributed by atoms with van der Waals surface area (Å²) < 4.78 is 0. The van der Waals surface area contributed by atoms with Gasteiger partial charge in [-0.25, -0.2) is 0 Å². The number of rotatable bonds is 10. The first kappa shape index (κ1) is 13.9. The summed E-state index contributed by atoms with van der Waals surface area (Å²) in [6.45, 7) is 18.2. The summed E-state index contributed by atoms with van der Waals surface area (Å²) in [6.07, 6.45) is 7.50. The molecule has 0 fully saturated rings. The lowest BCUT2D eigenvalue weighted by Crippen LogP contribution is -2.42. The van der Waals surface area contributed by atoms with Gasteiger partial charge in [-0.2, -0.15) is 0 Å². The fraction of sp³-hybridized carbons (Fsp3) is 0.333. The number of hydrogen-bond acceptors (Lipinski definition) is 2. The lowest BCUT2D eigenvalue weighted by Gasteiger charge is -2.25. The number of nitrogens with zero attached hydrogens (tertiary/aromatic N) is 2. The third-order valence-corrected chi connectivity index (χ3v) is 1.78. The van der Waals surface area contributed by atoms with E-state index in [4.69, 9.17) is 0 Å². The average Bonchev–Trinajstić information content (AvgIpc) is 2.19. The van der Waals surface area contributed by atoms with Gasteiger partial charge in [-0.15, -0.1) is 26.3 Å². The van der Waals surface area contributed by atoms with Crippen LogP contribution in [-0.2, 0) is 0 Å². The van der Waals surface area contributed by atoms with Crippen LogP contribution in [0.4, 0.5) is 0 Å². The predicted octanol–water partition coefficient (Wildman–Crippen LogP) is 1.87. The molecule has 0 aliphatic carbocycles. The summed E-state index contributed by atoms with van der Waals surface area (Å²) in [6, 6.07) is 0. The molecule has 0 saturated heterocycles. The molecule has 0 aromatic carbocycles. The van der Waals surface area contributed by atoms with Crippen molar-refractivity contribution >= 4 is 7.55 Å². The molecule has 0 aliphatic heterocycles. The van der Waals surface area contributed by atoms with Crippen LogP contribution in [0.25, 0.3) is 0 Å². The molecule has 0 unspecified atom stereocenters. The minimum atomic E-state index is 0.816. The van der Waals surface area contributed by atoms with Crippen LogP contribution in [0.3, 0.4) is 0 Å². The molecule has 2 nitrogen and oxygen atoms in total. The highest BCUT2D eigenvalue weighted by Gasteiger charge is 2.09. The van der Waals surface area contributed by atoms with Crippen molar-refractivity contribution in [3.05, 3.63) is 50.6 Å². The van der Waals surface area contributed by atoms with E-state index in [9.17, 15) is 0 Å². The zero-order chi connectivity index (χ0) is 11.5. The summed E-state index contributed by atoms with van der Waals surface area (Å²) >= 11 is 0. The van der Waals surface area contributed by atoms with Crippen molar-refractivity contribution in [2.45, 2.75) is 0 Å². The lowest BCUT2D eigenvalue weighted by molar-refractivity contribution is 0.445. The third kappa shape index (κ3) is 6.94. The fourth-order valence-corrected chi connectivity index (χ4v) is 1.23. The molecule has 3 heteroatoms. The van der Waals surface area contributed by atoms with Gasteiger partial charge in [-0.05, 0) is 0 Å². The molecular weight excluding hydrogens is 183 g/mol. The Balaban J connectivity index is 4.15. The van der Waals surface area contributed by atoms with Crippen LogP contribution in [0, 0.1) is 0 Å². The van der Waals surface area contributed by atoms with Crippen molar-refractivity contribution in [2.75, 3.05) is 26.2 Å². The van der Waals surface area contributed by atoms with Crippen molar-refractivity contribution in [1.29, 1.82) is 0 Å². The maximum absolute atomic E-state index is 3.73. The molecular formula is C12H20BN2. The first-order valence-corrected chi connectivity index (χ1v) is 5.05. The Morgan fingerprint density at radius 3 is 1.13 bits per heavy atom. The molecule has 0 aromatic heterocycles. The van der Waals surface area contributed by atoms with E-state index in [0.717, 1.165) is 26.2 Å². The van der Waals surface area contributed by atoms with Gasteiger partial charge in [0.25, 0.3) is 0 Å². The second kappa shape index (κ2) is 9.50. The predicted molar refractivity (Wildman–Crippen MR) is 69.7 cm³/mol. The molecule has 0 aromatic rings. The van der Waals surface area contributed by atoms with Crippen molar-refractivity contribution in [2.24, 2.45) is 0 Å². The van der Waals surface area contributed by atoms with Crippen molar-refractivity contribution in [1.82, 2.24) is 9.62 Å². The van der Waals surface area contributed by atoms with Crippen LogP contribution in [0.2, 0.25) is 0 Å². The highest BCUT2D eigenvalue weighted by molar-refractivity contribution is 6.28. The molecule has 0 rings (SSSR count). The van der Waals surface area contributed by atoms with Crippen molar-refractivity contribution < 1.29 is 0 Å². The largest absolute Gasteiger partial charge is 0.325 e. The Morgan fingerprint density at radius 2 is 0.933 bits per heavy atom. The summed E-state index contributed by atoms with van der Waals surface area (Å²) in [5, 5.41) is 0. The zero-order valence-electron chi connectivity index (χ0n) is 9.44. The van der Waals surface area contributed by atoms with E-state index < -0.39 is 0 Å². The van der Waals surface area contributed by atoms with E-state index in [2.05, 4.69) is 43.5 Å². The van der Waals surface area contributed by atoms with Crippen LogP contribution in [0.5, 0.6) is 0 Å². The van der Waals surface area contributed by atoms with E-state index in [0.29, 0.717) is 0 Å². The van der Waals surface area contributed by atoms with Crippen LogP contribution < -0.4 is 0 Å². The second-order valence-corrected chi connectivity index (χ2v) is 3.18. The van der Waals surface area contributed by atoms with Crippen LogP contribution in [0.1, 0.15) is 0 Å². The van der Waals surface area contributed by atoms with E-state index in [-0.39, 0.29) is 0 Å². The standard InChI is InChI=1S/C12H20BN2/c1-5-9-14(10-6-2)13-15(11-7-3)12-8-4/h5-8H,1-4,9-12H2. The maximum Gasteiger partial charge on any atom is 0.314 e. The van der Waals surface area contributed by atoms with Crippen LogP contribution in [-0.4, -0.2) is 43.4 Å². The van der Waals surface area contributed by atoms with E-state index in [1.54, 1.807) is 0 Å². The Bertz CT molecular complexity index is 172. The quantitative estimate of drug-likeness (QED) is 0.395. The zero-order valence-corrected chi connectivity index (χ0v) is 9.44. The van der Waals surface area contributed by atoms with Gasteiger partial charge < -0.3 is 9.62 Å². The molecule has 81 valence electrons. The molecule has 15 heavy (non-hydrogen) atoms. The van der Waals surface area contributed by atoms with Gasteiger partial charge in [0.05, 0.1) is 0 Å². The highest BCUT2D eigenvalue weighted by Crippen LogP contribution is 1.93. The molecule has 0 aliphatic rings. The maximum atomic E-state index is 3.73. The monoisotopic (exact) mass is 203 g/mol. The third-order valence-electron chi connectivity index (χ3n) is 1.78. The van der Waals surface area contributed by atoms with Gasteiger partial charge >= 0.3 is 7.55 Å². The van der Waals surface area contributed by atoms with Gasteiger partial charge in [0.15, 0.2) is 0 Å². The molecule has 0 bridgehead atoms. The summed E-state index contributed by atoms with van der Waals surface area (Å²) in [5.74, 6) is 0. The Morgan fingerprint density at radius 1 is 0.667 bits per heavy atom. The van der Waals surface area contributed by atoms with E-state index in [1.165, 1.54) is 0 Å². The molecule has 0 heterocycles. The molecule has 0 spiro atoms. The smallest absolute Gasteiger partial charge is 0.314 e. The Kier molecular flexibility index (Phi) is 8.83. The average molecular weight is 203 g/mol. The SMILES string of the molecule is C=CCN([B]N(CC=C)CC=C)CC=C. The highest BCUT2D eigenvalue weighted by atomic mass is 15.2. The van der Waals surface area contributed by atoms with Gasteiger partial charge in [-0.3, -0.25) is 0 Å². The van der Waals surface area contributed by atoms with Gasteiger partial charge in [0, 0.05) is 26.2 Å². The van der Waals surface area contributed by atoms with Crippen LogP contribution >= 0.6 is 0 Å². The van der Waals surface area contributed by atoms with Crippen molar-refractivity contribution in [3.8, 4) is 0 Å². The van der Waals surface area contributed by atoms with Crippen LogP contribution in [0.15, 0.2) is 50.6 Å². The van der Waals surface area contributed by atoms with E-state index >= 15 is 0 Å². The molecule has 0 N–H and O–H groups in total. The Hall–Kier alpha value is -1.06. The van der Waals surface area contributed by atoms with Gasteiger partial charge in [0.1, 0.15) is 0 Å². The Labute approximate surface area is 94.5 Å². The molecule has 0 amide bonds. The number of hydrogen-bond donors (Lipinski definition) is 0. The minimum Gasteiger partial charge on any atom is -0.325 e. The molecule has 1 radical (unpaired) electrons. The normalized spacial score (nSPS) is 10.0. The summed E-state index contributed by atoms with van der Waals surface area (Å²) in [4.78, 5) is 4.26. The second-order valence-electron chi connectivity index (χ2n) is 3.18. The first-order valence-electron chi connectivity index (χ1n) is 5.05. The molecule has 0 atom stereocenters. The van der Waals surface area contributed by atoms with Gasteiger partial charge in [0.2, 0.25) is 0 Å². The minimum absolute atomic E-state index is 0.816. The molecule has 0 saturated carbocycles. The fourth-order valence-electron chi connectivity index (χ4n) is 1.23. The lowest BCUT2D eigenvalue weighted by atomic mass is 10.0. The first-order chi connectivity index (χ1) is 7.28. The topological polar surface area (TPSA) is 6.48 Å². The summed E-state index contributed by atoms with van der Waals surface area (Å²) in [5.41, 5.74) is 0. The van der Waals surface area contributed by atoms with E-state index in [1.807, 2.05) is 24.3 Å².